The van der Waals surface area contributed by atoms with E-state index < -0.39 is 12.0 Å². The first-order chi connectivity index (χ1) is 16.1. The molecule has 0 aliphatic heterocycles. The number of hydrogen-bond acceptors (Lipinski definition) is 6. The Morgan fingerprint density at radius 1 is 1.24 bits per heavy atom. The molecule has 0 aromatic carbocycles. The lowest BCUT2D eigenvalue weighted by molar-refractivity contribution is -0.114. The van der Waals surface area contributed by atoms with Crippen LogP contribution in [-0.2, 0) is 17.6 Å². The van der Waals surface area contributed by atoms with Crippen molar-refractivity contribution in [3.63, 3.8) is 0 Å². The number of nitrogens with zero attached hydrogens (tertiary/aromatic N) is 3. The summed E-state index contributed by atoms with van der Waals surface area (Å²) in [6, 6.07) is -0.183. The van der Waals surface area contributed by atoms with E-state index in [0.717, 1.165) is 55.5 Å². The third kappa shape index (κ3) is 5.27. The highest BCUT2D eigenvalue weighted by atomic mass is 16.3. The van der Waals surface area contributed by atoms with Crippen molar-refractivity contribution in [3.05, 3.63) is 28.3 Å². The maximum Gasteiger partial charge on any atom is 0.248 e. The summed E-state index contributed by atoms with van der Waals surface area (Å²) in [4.78, 5) is 30.1. The number of nitrogens with two attached hydrogens (primary N) is 1. The van der Waals surface area contributed by atoms with E-state index in [4.69, 9.17) is 15.8 Å². The van der Waals surface area contributed by atoms with Gasteiger partial charge in [-0.1, -0.05) is 33.6 Å². The van der Waals surface area contributed by atoms with E-state index in [1.807, 2.05) is 11.6 Å². The van der Waals surface area contributed by atoms with Crippen LogP contribution in [0.4, 0.5) is 0 Å². The monoisotopic (exact) mass is 469 g/mol. The van der Waals surface area contributed by atoms with Crippen molar-refractivity contribution in [1.82, 2.24) is 15.1 Å². The molecule has 1 aromatic rings. The van der Waals surface area contributed by atoms with Crippen molar-refractivity contribution in [2.24, 2.45) is 22.1 Å². The Bertz CT molecular complexity index is 1030. The Kier molecular flexibility index (Phi) is 6.99. The zero-order valence-corrected chi connectivity index (χ0v) is 21.0. The molecule has 0 radical (unpaired) electrons. The molecule has 1 heterocycles. The second-order valence-electron chi connectivity index (χ2n) is 11.1. The summed E-state index contributed by atoms with van der Waals surface area (Å²) in [6.07, 6.45) is 8.07. The molecule has 2 unspecified atom stereocenters. The van der Waals surface area contributed by atoms with E-state index in [1.54, 1.807) is 6.92 Å². The van der Waals surface area contributed by atoms with Crippen LogP contribution in [-0.4, -0.2) is 44.6 Å². The van der Waals surface area contributed by atoms with Gasteiger partial charge in [0, 0.05) is 12.8 Å². The summed E-state index contributed by atoms with van der Waals surface area (Å²) in [6.45, 7) is 7.88. The quantitative estimate of drug-likeness (QED) is 0.321. The first-order valence-corrected chi connectivity index (χ1v) is 12.8. The van der Waals surface area contributed by atoms with E-state index in [1.165, 1.54) is 12.8 Å². The summed E-state index contributed by atoms with van der Waals surface area (Å²) in [7, 11) is 0. The highest BCUT2D eigenvalue weighted by Gasteiger charge is 2.38. The minimum absolute atomic E-state index is 0.149. The number of aliphatic hydroxyl groups is 1. The molecule has 4 rings (SSSR count). The Morgan fingerprint density at radius 3 is 2.56 bits per heavy atom. The third-order valence-corrected chi connectivity index (χ3v) is 7.37. The number of amides is 1. The molecule has 34 heavy (non-hydrogen) atoms. The number of aliphatic hydroxyl groups excluding tert-OH is 1. The maximum atomic E-state index is 13.2. The van der Waals surface area contributed by atoms with Crippen LogP contribution < -0.4 is 11.1 Å². The number of hydrogen-bond donors (Lipinski definition) is 3. The summed E-state index contributed by atoms with van der Waals surface area (Å²) >= 11 is 0. The third-order valence-electron chi connectivity index (χ3n) is 7.37. The fourth-order valence-corrected chi connectivity index (χ4v) is 5.18. The lowest BCUT2D eigenvalue weighted by Crippen LogP contribution is -2.42. The first kappa shape index (κ1) is 24.6. The lowest BCUT2D eigenvalue weighted by Gasteiger charge is -2.30. The molecule has 2 saturated carbocycles. The van der Waals surface area contributed by atoms with Crippen LogP contribution in [0.15, 0.2) is 16.4 Å². The number of aliphatic imine (C=N–C) groups is 1. The molecule has 1 aromatic heterocycles. The highest BCUT2D eigenvalue weighted by molar-refractivity contribution is 6.01. The van der Waals surface area contributed by atoms with E-state index >= 15 is 0 Å². The molecule has 0 spiro atoms. The highest BCUT2D eigenvalue weighted by Crippen LogP contribution is 2.39. The van der Waals surface area contributed by atoms with E-state index in [-0.39, 0.29) is 17.2 Å². The van der Waals surface area contributed by atoms with Gasteiger partial charge in [-0.05, 0) is 56.8 Å². The fraction of sp³-hybridized carbons (Fsp3) is 0.692. The van der Waals surface area contributed by atoms with E-state index in [2.05, 4.69) is 19.2 Å². The van der Waals surface area contributed by atoms with Crippen LogP contribution in [0.2, 0.25) is 0 Å². The van der Waals surface area contributed by atoms with Gasteiger partial charge in [0.2, 0.25) is 5.91 Å². The summed E-state index contributed by atoms with van der Waals surface area (Å²) in [5.41, 5.74) is 8.38. The molecule has 186 valence electrons. The number of carbonyl (C=O) groups is 2. The molecule has 0 bridgehead atoms. The van der Waals surface area contributed by atoms with Crippen molar-refractivity contribution in [1.29, 1.82) is 0 Å². The van der Waals surface area contributed by atoms with Crippen LogP contribution in [0, 0.1) is 11.3 Å². The molecular formula is C26H39N5O3. The molecule has 0 saturated heterocycles. The second kappa shape index (κ2) is 9.64. The van der Waals surface area contributed by atoms with Gasteiger partial charge < -0.3 is 16.2 Å². The van der Waals surface area contributed by atoms with Crippen LogP contribution in [0.3, 0.4) is 0 Å². The average molecular weight is 470 g/mol. The number of fused-ring (bicyclic) bond motifs is 1. The molecule has 2 atom stereocenters. The summed E-state index contributed by atoms with van der Waals surface area (Å²) < 4.78 is 1.85. The van der Waals surface area contributed by atoms with Gasteiger partial charge in [0.25, 0.3) is 0 Å². The predicted molar refractivity (Wildman–Crippen MR) is 132 cm³/mol. The molecule has 1 amide bonds. The molecule has 8 nitrogen and oxygen atoms in total. The van der Waals surface area contributed by atoms with Gasteiger partial charge in [-0.2, -0.15) is 5.10 Å². The molecule has 3 aliphatic rings. The standard InChI is InChI=1S/C26H39N5O3/c1-5-22(29-25(15(2)24(27)34)28-17-8-6-7-9-20(17)32)31-19-13-26(3,4)14-21(33)23(19)18(30-31)12-16-10-11-16/h16-17,20,28,32H,5-14H2,1-4H3,(H2,27,34)/b25-15+,29-22+. The number of primary amides is 1. The largest absolute Gasteiger partial charge is 0.391 e. The number of ketones is 1. The van der Waals surface area contributed by atoms with Crippen molar-refractivity contribution in [2.75, 3.05) is 0 Å². The van der Waals surface area contributed by atoms with Gasteiger partial charge >= 0.3 is 0 Å². The topological polar surface area (TPSA) is 123 Å². The minimum atomic E-state index is -0.555. The number of rotatable bonds is 7. The number of nitrogens with one attached hydrogen (secondary N) is 1. The van der Waals surface area contributed by atoms with Crippen molar-refractivity contribution in [2.45, 2.75) is 104 Å². The van der Waals surface area contributed by atoms with Crippen LogP contribution in [0.25, 0.3) is 0 Å². The van der Waals surface area contributed by atoms with E-state index in [0.29, 0.717) is 36.0 Å². The number of Topliss-reactive ketones (excluding diaryl/α,β-unsaturated/α-hetero) is 1. The van der Waals surface area contributed by atoms with E-state index in [9.17, 15) is 14.7 Å². The van der Waals surface area contributed by atoms with Gasteiger partial charge in [-0.3, -0.25) is 9.59 Å². The van der Waals surface area contributed by atoms with Crippen molar-refractivity contribution < 1.29 is 14.7 Å². The number of aromatic nitrogens is 2. The Hall–Kier alpha value is -2.48. The minimum Gasteiger partial charge on any atom is -0.391 e. The van der Waals surface area contributed by atoms with Gasteiger partial charge in [0.15, 0.2) is 5.78 Å². The van der Waals surface area contributed by atoms with Crippen LogP contribution in [0.1, 0.15) is 101 Å². The normalized spacial score (nSPS) is 25.6. The summed E-state index contributed by atoms with van der Waals surface area (Å²) in [5, 5.41) is 18.7. The van der Waals surface area contributed by atoms with Crippen LogP contribution in [0.5, 0.6) is 0 Å². The molecule has 3 aliphatic carbocycles. The zero-order valence-electron chi connectivity index (χ0n) is 21.0. The number of carbonyl (C=O) groups excluding carboxylic acids is 2. The first-order valence-electron chi connectivity index (χ1n) is 12.8. The molecular weight excluding hydrogens is 430 g/mol. The van der Waals surface area contributed by atoms with Crippen molar-refractivity contribution in [3.8, 4) is 0 Å². The van der Waals surface area contributed by atoms with Crippen LogP contribution >= 0.6 is 0 Å². The Morgan fingerprint density at radius 2 is 1.94 bits per heavy atom. The SMILES string of the molecule is CC/C(=N\C(NC1CCCCC1O)=C(/C)C(N)=O)n1nc(CC2CC2)c2c1CC(C)(C)CC2=O. The summed E-state index contributed by atoms with van der Waals surface area (Å²) in [5.74, 6) is 1.26. The van der Waals surface area contributed by atoms with Gasteiger partial charge in [0.1, 0.15) is 11.7 Å². The predicted octanol–water partition coefficient (Wildman–Crippen LogP) is 3.26. The second-order valence-corrected chi connectivity index (χ2v) is 11.1. The van der Waals surface area contributed by atoms with Crippen molar-refractivity contribution >= 4 is 17.5 Å². The fourth-order valence-electron chi connectivity index (χ4n) is 5.18. The zero-order chi connectivity index (χ0) is 24.6. The smallest absolute Gasteiger partial charge is 0.248 e. The maximum absolute atomic E-state index is 13.2. The Balaban J connectivity index is 1.77. The van der Waals surface area contributed by atoms with Gasteiger partial charge in [-0.15, -0.1) is 0 Å². The Labute approximate surface area is 202 Å². The average Bonchev–Trinajstić information content (AvgIpc) is 3.51. The van der Waals surface area contributed by atoms with Gasteiger partial charge in [-0.25, -0.2) is 9.67 Å². The molecule has 2 fully saturated rings. The molecule has 8 heteroatoms. The van der Waals surface area contributed by atoms with Gasteiger partial charge in [0.05, 0.1) is 34.7 Å². The lowest BCUT2D eigenvalue weighted by atomic mass is 9.75. The molecule has 4 N–H and O–H groups in total.